The van der Waals surface area contributed by atoms with Crippen molar-refractivity contribution in [3.63, 3.8) is 0 Å². The van der Waals surface area contributed by atoms with Crippen LogP contribution in [-0.4, -0.2) is 214 Å². The van der Waals surface area contributed by atoms with Gasteiger partial charge in [0, 0.05) is 85.5 Å². The number of fused-ring (bicyclic) bond motifs is 6. The van der Waals surface area contributed by atoms with E-state index in [-0.39, 0.29) is 155 Å². The van der Waals surface area contributed by atoms with Crippen molar-refractivity contribution in [2.75, 3.05) is 117 Å². The highest BCUT2D eigenvalue weighted by atomic mass is 32.2. The van der Waals surface area contributed by atoms with E-state index < -0.39 is 138 Å². The van der Waals surface area contributed by atoms with Gasteiger partial charge in [0.25, 0.3) is 50.6 Å². The molecule has 0 amide bonds. The number of benzene rings is 4. The first kappa shape index (κ1) is 74.1. The van der Waals surface area contributed by atoms with Gasteiger partial charge in [-0.25, -0.2) is 4.79 Å². The standard InChI is InChI=1S/C59H71N3O28S5/c1-58(14-6-30-91(68,69)70)49(61(17-19-86-25-27-87-22-20-83-3)46-11-9-39-41(54(46)58)31-37(92(71,72)73)33-47(39)94(77,78)79)35-43-56(66)44(57(43)67)36-50-59(2,15-18-85-24-26-89-29-28-88-23-21-84-4)55-42-32-38(93(74,75)76)34-48(95(80,81)82)40(42)8-10-45(55)60(50)16-5-7-53(65)90-62-51(63)12-13-52(62)64/h8-13,31-36,50H,5-7,14-30H2,1-4H3,(H6,66,67,68,69,70,71,72,73,74,75,76,77,78,79,80,81,82)/p+1. The van der Waals surface area contributed by atoms with Crippen LogP contribution in [0.1, 0.15) is 57.1 Å². The Bertz CT molecular complexity index is 4690. The van der Waals surface area contributed by atoms with Crippen molar-refractivity contribution in [1.29, 1.82) is 0 Å². The molecule has 2 aliphatic rings. The largest absolute Gasteiger partial charge is 0.492 e. The predicted octanol–water partition coefficient (Wildman–Crippen LogP) is 1.42. The zero-order valence-corrected chi connectivity index (χ0v) is 55.8. The second kappa shape index (κ2) is 30.0. The van der Waals surface area contributed by atoms with Gasteiger partial charge in [0.1, 0.15) is 16.4 Å². The number of aromatic nitrogens is 1. The highest BCUT2D eigenvalue weighted by Gasteiger charge is 2.51. The van der Waals surface area contributed by atoms with Crippen molar-refractivity contribution in [3.8, 4) is 11.8 Å². The lowest BCUT2D eigenvalue weighted by Gasteiger charge is -2.35. The molecule has 2 aliphatic heterocycles. The number of ether oxygens (including phenoxy) is 7. The molecule has 0 radical (unpaired) electrons. The fourth-order valence-electron chi connectivity index (χ4n) is 12.1. The SMILES string of the molecule is COCCOCCOCCOCCC1(C)c2c(ccc3c(S(=O)(=O)O)cc(S(=O)(=O)O)cc23)N(CCCC(=O)On2c(O)ccc2O)C1C=c1c(=O)c(=CC2=[N+](CCOCCOCCOC)c3ccc4c(S(=O)(=O)O)cc(S(=O)(=O)O)cc4c3C2(C)CCCS(=O)(=O)O)c1=O. The third-order valence-corrected chi connectivity index (χ3v) is 20.7. The smallest absolute Gasteiger partial charge is 0.333 e. The summed E-state index contributed by atoms with van der Waals surface area (Å²) < 4.78 is 221. The lowest BCUT2D eigenvalue weighted by molar-refractivity contribution is -0.441. The summed E-state index contributed by atoms with van der Waals surface area (Å²) >= 11 is 0. The Balaban J connectivity index is 1.33. The Hall–Kier alpha value is -6.69. The van der Waals surface area contributed by atoms with Crippen LogP contribution in [0.4, 0.5) is 11.4 Å². The third-order valence-electron chi connectivity index (χ3n) is 16.5. The Kier molecular flexibility index (Phi) is 23.4. The highest BCUT2D eigenvalue weighted by molar-refractivity contribution is 7.87. The third kappa shape index (κ3) is 16.8. The van der Waals surface area contributed by atoms with Gasteiger partial charge < -0.3 is 53.1 Å². The number of rotatable bonds is 36. The summed E-state index contributed by atoms with van der Waals surface area (Å²) in [6.45, 7) is 4.36. The quantitative estimate of drug-likeness (QED) is 0.0166. The molecule has 95 heavy (non-hydrogen) atoms. The molecule has 5 aromatic carbocycles. The molecule has 1 aromatic heterocycles. The van der Waals surface area contributed by atoms with E-state index in [2.05, 4.69) is 0 Å². The molecular weight excluding hydrogens is 1360 g/mol. The zero-order chi connectivity index (χ0) is 69.6. The summed E-state index contributed by atoms with van der Waals surface area (Å²) in [5.74, 6) is -3.07. The van der Waals surface area contributed by atoms with Crippen LogP contribution in [0.25, 0.3) is 33.7 Å². The number of nitrogens with zero attached hydrogens (tertiary/aromatic N) is 3. The molecule has 36 heteroatoms. The molecule has 3 atom stereocenters. The first-order valence-electron chi connectivity index (χ1n) is 29.3. The van der Waals surface area contributed by atoms with Crippen molar-refractivity contribution >= 4 is 107 Å². The monoisotopic (exact) mass is 1430 g/mol. The van der Waals surface area contributed by atoms with Gasteiger partial charge in [-0.15, -0.1) is 4.73 Å². The summed E-state index contributed by atoms with van der Waals surface area (Å²) in [6.07, 6.45) is 1.20. The molecule has 0 saturated heterocycles. The van der Waals surface area contributed by atoms with Crippen LogP contribution in [0.15, 0.2) is 89.8 Å². The van der Waals surface area contributed by atoms with E-state index >= 15 is 9.59 Å². The molecule has 0 aliphatic carbocycles. The number of hydrogen-bond donors (Lipinski definition) is 7. The Morgan fingerprint density at radius 2 is 1.05 bits per heavy atom. The van der Waals surface area contributed by atoms with Gasteiger partial charge in [-0.3, -0.25) is 32.4 Å². The van der Waals surface area contributed by atoms with E-state index in [1.165, 1.54) is 57.6 Å². The van der Waals surface area contributed by atoms with Gasteiger partial charge in [-0.05, 0) is 91.4 Å². The molecule has 7 N–H and O–H groups in total. The van der Waals surface area contributed by atoms with Crippen LogP contribution < -0.4 is 31.0 Å². The van der Waals surface area contributed by atoms with Crippen molar-refractivity contribution in [2.45, 2.75) is 82.4 Å². The number of aromatic hydroxyl groups is 2. The number of methoxy groups -OCH3 is 2. The van der Waals surface area contributed by atoms with Crippen LogP contribution >= 0.6 is 0 Å². The topological polar surface area (TPSA) is 449 Å². The van der Waals surface area contributed by atoms with Gasteiger partial charge in [0.15, 0.2) is 12.3 Å². The predicted molar refractivity (Wildman–Crippen MR) is 339 cm³/mol. The van der Waals surface area contributed by atoms with Crippen LogP contribution in [0.2, 0.25) is 0 Å². The molecule has 0 fully saturated rings. The van der Waals surface area contributed by atoms with E-state index in [0.29, 0.717) is 30.1 Å². The van der Waals surface area contributed by atoms with Gasteiger partial charge >= 0.3 is 5.97 Å². The zero-order valence-electron chi connectivity index (χ0n) is 51.7. The average Bonchev–Trinajstić information content (AvgIpc) is 1.61. The molecule has 520 valence electrons. The molecule has 3 heterocycles. The van der Waals surface area contributed by atoms with Crippen LogP contribution in [0, 0.1) is 0 Å². The first-order chi connectivity index (χ1) is 44.6. The van der Waals surface area contributed by atoms with Gasteiger partial charge in [0.05, 0.1) is 104 Å². The number of carbonyl (C=O) groups is 1. The summed E-state index contributed by atoms with van der Waals surface area (Å²) in [6, 6.07) is 9.20. The van der Waals surface area contributed by atoms with Gasteiger partial charge in [0.2, 0.25) is 28.3 Å². The maximum absolute atomic E-state index is 15.2. The van der Waals surface area contributed by atoms with E-state index in [0.717, 1.165) is 24.3 Å². The average molecular weight is 1430 g/mol. The highest BCUT2D eigenvalue weighted by Crippen LogP contribution is 2.53. The molecule has 0 spiro atoms. The maximum Gasteiger partial charge on any atom is 0.333 e. The lowest BCUT2D eigenvalue weighted by Crippen LogP contribution is -2.66. The van der Waals surface area contributed by atoms with E-state index in [9.17, 15) is 79.9 Å². The summed E-state index contributed by atoms with van der Waals surface area (Å²) in [4.78, 5) is 46.7. The van der Waals surface area contributed by atoms with E-state index in [1.807, 2.05) is 0 Å². The van der Waals surface area contributed by atoms with Crippen LogP contribution in [0.5, 0.6) is 11.8 Å². The van der Waals surface area contributed by atoms with Gasteiger partial charge in [-0.1, -0.05) is 13.0 Å². The van der Waals surface area contributed by atoms with Crippen molar-refractivity contribution in [3.05, 3.63) is 103 Å². The van der Waals surface area contributed by atoms with Crippen molar-refractivity contribution in [2.24, 2.45) is 0 Å². The Morgan fingerprint density at radius 3 is 1.55 bits per heavy atom. The van der Waals surface area contributed by atoms with Gasteiger partial charge in [-0.2, -0.15) is 46.7 Å². The summed E-state index contributed by atoms with van der Waals surface area (Å²) in [5, 5.41) is 18.6. The van der Waals surface area contributed by atoms with E-state index in [4.69, 9.17) is 38.0 Å². The molecule has 8 rings (SSSR count). The minimum Gasteiger partial charge on any atom is -0.492 e. The minimum atomic E-state index is -5.28. The molecule has 6 aromatic rings. The fraction of sp³-hybridized carbons (Fsp3) is 0.458. The molecular formula is C59H72N3O28S5+. The summed E-state index contributed by atoms with van der Waals surface area (Å²) in [7, 11) is -22.7. The molecule has 3 unspecified atom stereocenters. The van der Waals surface area contributed by atoms with Crippen molar-refractivity contribution in [1.82, 2.24) is 4.73 Å². The van der Waals surface area contributed by atoms with Crippen LogP contribution in [0.3, 0.4) is 0 Å². The fourth-order valence-corrected chi connectivity index (χ4v) is 15.3. The van der Waals surface area contributed by atoms with Crippen molar-refractivity contribution < 1.29 is 122 Å². The number of hydrogen-bond acceptors (Lipinski definition) is 24. The first-order valence-corrected chi connectivity index (χ1v) is 36.6. The lowest BCUT2D eigenvalue weighted by atomic mass is 9.73. The second-order valence-electron chi connectivity index (χ2n) is 22.7. The van der Waals surface area contributed by atoms with E-state index in [1.54, 1.807) is 16.4 Å². The second-order valence-corrected chi connectivity index (χ2v) is 29.9. The Labute approximate surface area is 545 Å². The summed E-state index contributed by atoms with van der Waals surface area (Å²) in [5.41, 5.74) is -4.39. The molecule has 0 saturated carbocycles. The maximum atomic E-state index is 15.2. The van der Waals surface area contributed by atoms with Crippen LogP contribution in [-0.2, 0) is 99.4 Å². The molecule has 31 nitrogen and oxygen atoms in total. The Morgan fingerprint density at radius 1 is 0.568 bits per heavy atom. The number of carbonyl (C=O) groups excluding carboxylic acids is 1. The number of anilines is 1. The molecule has 0 bridgehead atoms. The minimum absolute atomic E-state index is 0.00533. The normalized spacial score (nSPS) is 17.7.